The maximum absolute atomic E-state index is 13.3. The van der Waals surface area contributed by atoms with E-state index in [-0.39, 0.29) is 22.8 Å². The number of aromatic nitrogens is 1. The minimum Gasteiger partial charge on any atom is -0.497 e. The maximum atomic E-state index is 13.3. The minimum atomic E-state index is -0.652. The van der Waals surface area contributed by atoms with Crippen molar-refractivity contribution in [3.63, 3.8) is 0 Å². The average molecular weight is 376 g/mol. The quantitative estimate of drug-likeness (QED) is 0.498. The molecule has 0 spiro atoms. The topological polar surface area (TPSA) is 57.5 Å². The standard InChI is InChI=1S/C19H15ClFNO4/c1-25-13-5-6-14-15(10-23)18(19(24)26-2)22(17(14)8-13)9-11-3-4-12(21)7-16(11)20/h3-8,10H,9H2,1-2H3. The van der Waals surface area contributed by atoms with Crippen LogP contribution in [0.3, 0.4) is 0 Å². The molecule has 5 nitrogen and oxygen atoms in total. The largest absolute Gasteiger partial charge is 0.497 e. The molecule has 2 aromatic carbocycles. The van der Waals surface area contributed by atoms with Gasteiger partial charge in [-0.05, 0) is 29.8 Å². The number of carbonyl (C=O) groups excluding carboxylic acids is 2. The van der Waals surface area contributed by atoms with E-state index in [0.717, 1.165) is 0 Å². The smallest absolute Gasteiger partial charge is 0.355 e. The lowest BCUT2D eigenvalue weighted by molar-refractivity contribution is 0.0587. The molecule has 0 fully saturated rings. The Balaban J connectivity index is 2.29. The third kappa shape index (κ3) is 3.04. The number of aldehydes is 1. The highest BCUT2D eigenvalue weighted by Crippen LogP contribution is 2.31. The molecule has 0 aliphatic heterocycles. The number of ether oxygens (including phenoxy) is 2. The molecule has 3 rings (SSSR count). The molecule has 0 aliphatic rings. The van der Waals surface area contributed by atoms with Gasteiger partial charge in [0.2, 0.25) is 0 Å². The van der Waals surface area contributed by atoms with Gasteiger partial charge in [-0.2, -0.15) is 0 Å². The van der Waals surface area contributed by atoms with Crippen LogP contribution in [0.5, 0.6) is 5.75 Å². The van der Waals surface area contributed by atoms with Crippen molar-refractivity contribution in [2.24, 2.45) is 0 Å². The summed E-state index contributed by atoms with van der Waals surface area (Å²) in [5, 5.41) is 0.803. The van der Waals surface area contributed by atoms with E-state index in [1.54, 1.807) is 22.8 Å². The molecular formula is C19H15ClFNO4. The second kappa shape index (κ2) is 7.17. The van der Waals surface area contributed by atoms with Gasteiger partial charge in [0.05, 0.1) is 25.3 Å². The molecule has 0 unspecified atom stereocenters. The zero-order valence-electron chi connectivity index (χ0n) is 14.1. The molecule has 0 radical (unpaired) electrons. The van der Waals surface area contributed by atoms with Gasteiger partial charge in [0.15, 0.2) is 6.29 Å². The third-order valence-electron chi connectivity index (χ3n) is 4.15. The van der Waals surface area contributed by atoms with Gasteiger partial charge in [-0.15, -0.1) is 0 Å². The second-order valence-corrected chi connectivity index (χ2v) is 5.98. The van der Waals surface area contributed by atoms with Gasteiger partial charge >= 0.3 is 5.97 Å². The fourth-order valence-electron chi connectivity index (χ4n) is 2.90. The Morgan fingerprint density at radius 2 is 2.00 bits per heavy atom. The minimum absolute atomic E-state index is 0.103. The van der Waals surface area contributed by atoms with Crippen molar-refractivity contribution < 1.29 is 23.5 Å². The number of fused-ring (bicyclic) bond motifs is 1. The Morgan fingerprint density at radius 3 is 2.62 bits per heavy atom. The predicted octanol–water partition coefficient (Wildman–Crippen LogP) is 4.09. The van der Waals surface area contributed by atoms with Crippen LogP contribution in [0.15, 0.2) is 36.4 Å². The van der Waals surface area contributed by atoms with E-state index in [0.29, 0.717) is 28.5 Å². The van der Waals surface area contributed by atoms with E-state index < -0.39 is 11.8 Å². The van der Waals surface area contributed by atoms with E-state index >= 15 is 0 Å². The summed E-state index contributed by atoms with van der Waals surface area (Å²) in [5.41, 5.74) is 1.52. The fourth-order valence-corrected chi connectivity index (χ4v) is 3.13. The Kier molecular flexibility index (Phi) is 4.95. The monoisotopic (exact) mass is 375 g/mol. The first-order valence-corrected chi connectivity index (χ1v) is 8.05. The molecule has 0 aliphatic carbocycles. The number of hydrogen-bond acceptors (Lipinski definition) is 4. The first-order chi connectivity index (χ1) is 12.5. The van der Waals surface area contributed by atoms with Crippen LogP contribution < -0.4 is 4.74 Å². The maximum Gasteiger partial charge on any atom is 0.355 e. The first kappa shape index (κ1) is 17.9. The molecule has 0 saturated heterocycles. The number of hydrogen-bond donors (Lipinski definition) is 0. The van der Waals surface area contributed by atoms with Crippen LogP contribution in [0.2, 0.25) is 5.02 Å². The van der Waals surface area contributed by atoms with Crippen LogP contribution in [-0.4, -0.2) is 31.0 Å². The number of methoxy groups -OCH3 is 2. The zero-order valence-corrected chi connectivity index (χ0v) is 14.8. The molecule has 0 saturated carbocycles. The highest BCUT2D eigenvalue weighted by molar-refractivity contribution is 6.31. The highest BCUT2D eigenvalue weighted by Gasteiger charge is 2.24. The van der Waals surface area contributed by atoms with Gasteiger partial charge in [0.25, 0.3) is 0 Å². The zero-order chi connectivity index (χ0) is 18.8. The van der Waals surface area contributed by atoms with Crippen LogP contribution in [0.25, 0.3) is 10.9 Å². The highest BCUT2D eigenvalue weighted by atomic mass is 35.5. The van der Waals surface area contributed by atoms with E-state index in [1.807, 2.05) is 0 Å². The lowest BCUT2D eigenvalue weighted by Gasteiger charge is -2.12. The van der Waals surface area contributed by atoms with Gasteiger partial charge in [0.1, 0.15) is 17.3 Å². The lowest BCUT2D eigenvalue weighted by Crippen LogP contribution is -2.13. The molecular weight excluding hydrogens is 361 g/mol. The Labute approximate surface area is 153 Å². The number of halogens is 2. The summed E-state index contributed by atoms with van der Waals surface area (Å²) in [6.45, 7) is 0.154. The third-order valence-corrected chi connectivity index (χ3v) is 4.50. The molecule has 134 valence electrons. The Morgan fingerprint density at radius 1 is 1.23 bits per heavy atom. The molecule has 0 bridgehead atoms. The summed E-state index contributed by atoms with van der Waals surface area (Å²) in [4.78, 5) is 24.0. The predicted molar refractivity (Wildman–Crippen MR) is 95.7 cm³/mol. The summed E-state index contributed by atoms with van der Waals surface area (Å²) < 4.78 is 25.0. The number of rotatable bonds is 5. The molecule has 0 N–H and O–H groups in total. The molecule has 0 atom stereocenters. The average Bonchev–Trinajstić information content (AvgIpc) is 2.95. The van der Waals surface area contributed by atoms with Crippen molar-refractivity contribution in [3.8, 4) is 5.75 Å². The van der Waals surface area contributed by atoms with Crippen molar-refractivity contribution in [2.45, 2.75) is 6.54 Å². The van der Waals surface area contributed by atoms with Gasteiger partial charge in [-0.1, -0.05) is 17.7 Å². The first-order valence-electron chi connectivity index (χ1n) is 7.67. The van der Waals surface area contributed by atoms with Gasteiger partial charge in [0, 0.05) is 23.0 Å². The van der Waals surface area contributed by atoms with E-state index in [9.17, 15) is 14.0 Å². The summed E-state index contributed by atoms with van der Waals surface area (Å²) in [6.07, 6.45) is 0.615. The van der Waals surface area contributed by atoms with Crippen LogP contribution in [0, 0.1) is 5.82 Å². The lowest BCUT2D eigenvalue weighted by atomic mass is 10.1. The van der Waals surface area contributed by atoms with Gasteiger partial charge in [-0.25, -0.2) is 9.18 Å². The fraction of sp³-hybridized carbons (Fsp3) is 0.158. The number of carbonyl (C=O) groups is 2. The molecule has 26 heavy (non-hydrogen) atoms. The van der Waals surface area contributed by atoms with Crippen LogP contribution >= 0.6 is 11.6 Å². The molecule has 3 aromatic rings. The van der Waals surface area contributed by atoms with Gasteiger partial charge in [-0.3, -0.25) is 4.79 Å². The van der Waals surface area contributed by atoms with Crippen molar-refractivity contribution in [2.75, 3.05) is 14.2 Å². The molecule has 7 heteroatoms. The molecule has 1 heterocycles. The van der Waals surface area contributed by atoms with E-state index in [1.165, 1.54) is 32.4 Å². The van der Waals surface area contributed by atoms with Crippen molar-refractivity contribution in [1.82, 2.24) is 4.57 Å². The summed E-state index contributed by atoms with van der Waals surface area (Å²) in [7, 11) is 2.76. The van der Waals surface area contributed by atoms with Crippen molar-refractivity contribution >= 4 is 34.8 Å². The summed E-state index contributed by atoms with van der Waals surface area (Å²) in [5.74, 6) is -0.546. The Hall–Kier alpha value is -2.86. The second-order valence-electron chi connectivity index (χ2n) is 5.58. The van der Waals surface area contributed by atoms with E-state index in [2.05, 4.69) is 0 Å². The number of esters is 1. The van der Waals surface area contributed by atoms with Crippen molar-refractivity contribution in [3.05, 3.63) is 64.1 Å². The van der Waals surface area contributed by atoms with Gasteiger partial charge < -0.3 is 14.0 Å². The van der Waals surface area contributed by atoms with Crippen LogP contribution in [-0.2, 0) is 11.3 Å². The molecule has 1 aromatic heterocycles. The van der Waals surface area contributed by atoms with Crippen LogP contribution in [0.4, 0.5) is 4.39 Å². The number of nitrogens with zero attached hydrogens (tertiary/aromatic N) is 1. The summed E-state index contributed by atoms with van der Waals surface area (Å²) >= 11 is 6.13. The Bertz CT molecular complexity index is 1010. The summed E-state index contributed by atoms with van der Waals surface area (Å²) in [6, 6.07) is 9.13. The number of benzene rings is 2. The normalized spacial score (nSPS) is 10.8. The molecule has 0 amide bonds. The van der Waals surface area contributed by atoms with E-state index in [4.69, 9.17) is 21.1 Å². The van der Waals surface area contributed by atoms with Crippen molar-refractivity contribution in [1.29, 1.82) is 0 Å². The van der Waals surface area contributed by atoms with Crippen LogP contribution in [0.1, 0.15) is 26.4 Å². The SMILES string of the molecule is COC(=O)c1c(C=O)c2ccc(OC)cc2n1Cc1ccc(F)cc1Cl.